The molecule has 8 heteroatoms. The molecule has 2 saturated heterocycles. The number of hydrogen-bond donors (Lipinski definition) is 3. The summed E-state index contributed by atoms with van der Waals surface area (Å²) < 4.78 is 14.1. The van der Waals surface area contributed by atoms with Crippen molar-refractivity contribution in [1.29, 1.82) is 0 Å². The van der Waals surface area contributed by atoms with Gasteiger partial charge in [0.05, 0.1) is 17.0 Å². The summed E-state index contributed by atoms with van der Waals surface area (Å²) in [4.78, 5) is 41.9. The highest BCUT2D eigenvalue weighted by atomic mass is 19.1. The number of para-hydroxylation sites is 1. The summed E-state index contributed by atoms with van der Waals surface area (Å²) in [5.41, 5.74) is -1.53. The second kappa shape index (κ2) is 6.45. The number of aliphatic hydroxyl groups excluding tert-OH is 1. The lowest BCUT2D eigenvalue weighted by molar-refractivity contribution is -0.147. The first-order valence-corrected chi connectivity index (χ1v) is 8.99. The number of carbonyl (C=O) groups is 2. The molecule has 0 radical (unpaired) electrons. The zero-order valence-electron chi connectivity index (χ0n) is 14.6. The van der Waals surface area contributed by atoms with Crippen molar-refractivity contribution in [1.82, 2.24) is 15.2 Å². The van der Waals surface area contributed by atoms with E-state index in [0.29, 0.717) is 13.0 Å². The highest BCUT2D eigenvalue weighted by Crippen LogP contribution is 2.37. The average molecular weight is 373 g/mol. The van der Waals surface area contributed by atoms with Gasteiger partial charge in [0.25, 0.3) is 5.91 Å². The second-order valence-corrected chi connectivity index (χ2v) is 7.26. The third-order valence-electron chi connectivity index (χ3n) is 5.65. The Bertz CT molecular complexity index is 989. The van der Waals surface area contributed by atoms with E-state index in [-0.39, 0.29) is 42.0 Å². The van der Waals surface area contributed by atoms with Gasteiger partial charge in [-0.05, 0) is 31.4 Å². The van der Waals surface area contributed by atoms with Gasteiger partial charge >= 0.3 is 0 Å². The molecule has 2 amide bonds. The minimum absolute atomic E-state index is 0.0180. The maximum atomic E-state index is 14.1. The average Bonchev–Trinajstić information content (AvgIpc) is 2.66. The summed E-state index contributed by atoms with van der Waals surface area (Å²) in [5, 5.41) is 13.4. The van der Waals surface area contributed by atoms with Crippen molar-refractivity contribution in [3.05, 3.63) is 46.0 Å². The van der Waals surface area contributed by atoms with E-state index in [4.69, 9.17) is 0 Å². The number of aromatic amines is 1. The number of H-pyrrole nitrogens is 1. The molecule has 2 aliphatic rings. The van der Waals surface area contributed by atoms with Crippen molar-refractivity contribution >= 4 is 22.7 Å². The third-order valence-corrected chi connectivity index (χ3v) is 5.65. The van der Waals surface area contributed by atoms with Crippen LogP contribution in [0.3, 0.4) is 0 Å². The molecule has 0 saturated carbocycles. The van der Waals surface area contributed by atoms with Crippen LogP contribution in [-0.2, 0) is 4.79 Å². The standard InChI is InChI=1S/C19H20FN3O4/c20-12-4-1-3-11-14(24)9-13(22-16(11)12)17(26)23-8-5-15(25)19(10-23)6-2-7-21-18(19)27/h1,3-4,9,15,25H,2,5-8,10H2,(H,21,27)(H,22,24)/t15-,19+/m0/s1. The topological polar surface area (TPSA) is 102 Å². The van der Waals surface area contributed by atoms with Crippen molar-refractivity contribution < 1.29 is 19.1 Å². The Hall–Kier alpha value is -2.74. The van der Waals surface area contributed by atoms with Crippen LogP contribution in [0, 0.1) is 11.2 Å². The highest BCUT2D eigenvalue weighted by Gasteiger charge is 2.50. The first-order chi connectivity index (χ1) is 12.9. The quantitative estimate of drug-likeness (QED) is 0.687. The van der Waals surface area contributed by atoms with Crippen LogP contribution in [-0.4, -0.2) is 52.5 Å². The summed E-state index contributed by atoms with van der Waals surface area (Å²) in [5.74, 6) is -1.35. The summed E-state index contributed by atoms with van der Waals surface area (Å²) in [6.45, 7) is 0.876. The number of aromatic nitrogens is 1. The van der Waals surface area contributed by atoms with Gasteiger partial charge in [0.15, 0.2) is 5.43 Å². The van der Waals surface area contributed by atoms with Gasteiger partial charge in [0.2, 0.25) is 5.91 Å². The van der Waals surface area contributed by atoms with Crippen molar-refractivity contribution in [2.45, 2.75) is 25.4 Å². The van der Waals surface area contributed by atoms with E-state index in [1.165, 1.54) is 23.1 Å². The van der Waals surface area contributed by atoms with Crippen LogP contribution in [0.15, 0.2) is 29.1 Å². The Morgan fingerprint density at radius 2 is 2.15 bits per heavy atom. The predicted octanol–water partition coefficient (Wildman–Crippen LogP) is 0.770. The van der Waals surface area contributed by atoms with Crippen molar-refractivity contribution in [3.8, 4) is 0 Å². The molecule has 2 atom stereocenters. The molecule has 1 aromatic heterocycles. The van der Waals surface area contributed by atoms with Crippen molar-refractivity contribution in [3.63, 3.8) is 0 Å². The van der Waals surface area contributed by atoms with Gasteiger partial charge < -0.3 is 20.3 Å². The lowest BCUT2D eigenvalue weighted by Crippen LogP contribution is -2.62. The number of aliphatic hydroxyl groups is 1. The molecule has 7 nitrogen and oxygen atoms in total. The van der Waals surface area contributed by atoms with E-state index in [0.717, 1.165) is 12.5 Å². The number of likely N-dealkylation sites (tertiary alicyclic amines) is 1. The summed E-state index contributed by atoms with van der Waals surface area (Å²) in [7, 11) is 0. The number of piperidine rings is 2. The zero-order valence-corrected chi connectivity index (χ0v) is 14.6. The van der Waals surface area contributed by atoms with E-state index in [2.05, 4.69) is 10.3 Å². The molecule has 0 aliphatic carbocycles. The molecular formula is C19H20FN3O4. The second-order valence-electron chi connectivity index (χ2n) is 7.26. The Morgan fingerprint density at radius 3 is 2.93 bits per heavy atom. The van der Waals surface area contributed by atoms with E-state index >= 15 is 0 Å². The minimum Gasteiger partial charge on any atom is -0.392 e. The van der Waals surface area contributed by atoms with Gasteiger partial charge in [0, 0.05) is 31.1 Å². The normalized spacial score (nSPS) is 25.6. The number of benzene rings is 1. The maximum Gasteiger partial charge on any atom is 0.270 e. The molecule has 142 valence electrons. The fourth-order valence-corrected chi connectivity index (χ4v) is 4.14. The molecule has 0 unspecified atom stereocenters. The van der Waals surface area contributed by atoms with E-state index in [1.807, 2.05) is 0 Å². The fraction of sp³-hybridized carbons (Fsp3) is 0.421. The van der Waals surface area contributed by atoms with Crippen LogP contribution in [0.5, 0.6) is 0 Å². The van der Waals surface area contributed by atoms with Crippen LogP contribution in [0.1, 0.15) is 29.8 Å². The van der Waals surface area contributed by atoms with E-state index in [1.54, 1.807) is 0 Å². The Balaban J connectivity index is 1.69. The summed E-state index contributed by atoms with van der Waals surface area (Å²) in [6.07, 6.45) is 0.663. The molecule has 4 rings (SSSR count). The van der Waals surface area contributed by atoms with Gasteiger partial charge in [-0.3, -0.25) is 14.4 Å². The summed E-state index contributed by atoms with van der Waals surface area (Å²) >= 11 is 0. The summed E-state index contributed by atoms with van der Waals surface area (Å²) in [6, 6.07) is 5.30. The Morgan fingerprint density at radius 1 is 1.33 bits per heavy atom. The number of carbonyl (C=O) groups excluding carboxylic acids is 2. The molecule has 3 N–H and O–H groups in total. The molecule has 1 spiro atoms. The molecule has 1 aromatic carbocycles. The fourth-order valence-electron chi connectivity index (χ4n) is 4.14. The highest BCUT2D eigenvalue weighted by molar-refractivity contribution is 5.95. The number of fused-ring (bicyclic) bond motifs is 1. The molecule has 2 fully saturated rings. The Labute approximate surface area is 154 Å². The van der Waals surface area contributed by atoms with Crippen LogP contribution in [0.25, 0.3) is 10.9 Å². The number of rotatable bonds is 1. The number of amides is 2. The van der Waals surface area contributed by atoms with Crippen molar-refractivity contribution in [2.75, 3.05) is 19.6 Å². The number of nitrogens with one attached hydrogen (secondary N) is 2. The van der Waals surface area contributed by atoms with Crippen LogP contribution >= 0.6 is 0 Å². The van der Waals surface area contributed by atoms with Gasteiger partial charge in [-0.1, -0.05) is 6.07 Å². The number of nitrogens with zero attached hydrogens (tertiary/aromatic N) is 1. The molecular weight excluding hydrogens is 353 g/mol. The van der Waals surface area contributed by atoms with Gasteiger partial charge in [0.1, 0.15) is 11.5 Å². The number of halogens is 1. The van der Waals surface area contributed by atoms with E-state index in [9.17, 15) is 23.9 Å². The lowest BCUT2D eigenvalue weighted by atomic mass is 9.71. The zero-order chi connectivity index (χ0) is 19.2. The maximum absolute atomic E-state index is 14.1. The molecule has 2 aromatic rings. The first-order valence-electron chi connectivity index (χ1n) is 8.99. The number of pyridine rings is 1. The van der Waals surface area contributed by atoms with Crippen LogP contribution in [0.2, 0.25) is 0 Å². The molecule has 2 aliphatic heterocycles. The number of hydrogen-bond acceptors (Lipinski definition) is 4. The van der Waals surface area contributed by atoms with Gasteiger partial charge in [-0.25, -0.2) is 4.39 Å². The monoisotopic (exact) mass is 373 g/mol. The minimum atomic E-state index is -1.03. The SMILES string of the molecule is O=C(c1cc(=O)c2cccc(F)c2[nH]1)N1CC[C@H](O)[C@@]2(CCCNC2=O)C1. The Kier molecular flexibility index (Phi) is 4.22. The lowest BCUT2D eigenvalue weighted by Gasteiger charge is -2.46. The van der Waals surface area contributed by atoms with Gasteiger partial charge in [-0.15, -0.1) is 0 Å². The van der Waals surface area contributed by atoms with Crippen molar-refractivity contribution in [2.24, 2.45) is 5.41 Å². The third kappa shape index (κ3) is 2.80. The van der Waals surface area contributed by atoms with Gasteiger partial charge in [-0.2, -0.15) is 0 Å². The molecule has 3 heterocycles. The predicted molar refractivity (Wildman–Crippen MR) is 95.7 cm³/mol. The molecule has 27 heavy (non-hydrogen) atoms. The first kappa shape index (κ1) is 17.7. The van der Waals surface area contributed by atoms with E-state index < -0.39 is 28.7 Å². The largest absolute Gasteiger partial charge is 0.392 e. The molecule has 0 bridgehead atoms. The van der Waals surface area contributed by atoms with Crippen LogP contribution in [0.4, 0.5) is 4.39 Å². The smallest absolute Gasteiger partial charge is 0.270 e. The van der Waals surface area contributed by atoms with Crippen LogP contribution < -0.4 is 10.7 Å².